The highest BCUT2D eigenvalue weighted by Crippen LogP contribution is 2.53. The highest BCUT2D eigenvalue weighted by molar-refractivity contribution is 5.94. The van der Waals surface area contributed by atoms with E-state index < -0.39 is 0 Å². The Labute approximate surface area is 195 Å². The van der Waals surface area contributed by atoms with Crippen molar-refractivity contribution in [3.05, 3.63) is 42.1 Å². The first kappa shape index (κ1) is 21.1. The lowest BCUT2D eigenvalue weighted by molar-refractivity contribution is -0.0119. The van der Waals surface area contributed by atoms with Crippen molar-refractivity contribution in [2.45, 2.75) is 69.9 Å². The molecule has 2 aromatic rings. The number of carbonyl (C=O) groups excluding carboxylic acids is 1. The maximum absolute atomic E-state index is 13.0. The van der Waals surface area contributed by atoms with Crippen molar-refractivity contribution in [2.24, 2.45) is 29.6 Å². The summed E-state index contributed by atoms with van der Waals surface area (Å²) in [5.74, 6) is 5.49. The zero-order valence-corrected chi connectivity index (χ0v) is 19.2. The molecule has 1 amide bonds. The fourth-order valence-electron chi connectivity index (χ4n) is 7.22. The fraction of sp³-hybridized carbons (Fsp3) is 0.630. The van der Waals surface area contributed by atoms with Gasteiger partial charge in [-0.3, -0.25) is 4.79 Å². The van der Waals surface area contributed by atoms with E-state index in [4.69, 9.17) is 9.47 Å². The van der Waals surface area contributed by atoms with E-state index >= 15 is 0 Å². The van der Waals surface area contributed by atoms with Gasteiger partial charge in [0.2, 0.25) is 5.88 Å². The molecule has 33 heavy (non-hydrogen) atoms. The van der Waals surface area contributed by atoms with E-state index in [0.717, 1.165) is 61.3 Å². The number of rotatable bonds is 7. The Kier molecular flexibility index (Phi) is 5.77. The third-order valence-electron chi connectivity index (χ3n) is 8.69. The summed E-state index contributed by atoms with van der Waals surface area (Å²) in [7, 11) is 0. The van der Waals surface area contributed by atoms with Gasteiger partial charge in [-0.15, -0.1) is 0 Å². The summed E-state index contributed by atoms with van der Waals surface area (Å²) in [5.41, 5.74) is 0.746. The van der Waals surface area contributed by atoms with Crippen molar-refractivity contribution in [1.29, 1.82) is 0 Å². The van der Waals surface area contributed by atoms with Crippen LogP contribution in [-0.2, 0) is 0 Å². The minimum atomic E-state index is 0.0804. The number of H-pyrrole nitrogens is 1. The van der Waals surface area contributed by atoms with Crippen LogP contribution in [0.1, 0.15) is 68.1 Å². The van der Waals surface area contributed by atoms with Gasteiger partial charge in [-0.25, -0.2) is 5.10 Å². The molecule has 1 aromatic heterocycles. The average Bonchev–Trinajstić information content (AvgIpc) is 3.35. The largest absolute Gasteiger partial charge is 0.490 e. The number of ether oxygens (including phenoxy) is 2. The third-order valence-corrected chi connectivity index (χ3v) is 8.69. The predicted molar refractivity (Wildman–Crippen MR) is 125 cm³/mol. The van der Waals surface area contributed by atoms with Gasteiger partial charge < -0.3 is 14.8 Å². The Hall–Kier alpha value is -2.50. The molecule has 7 rings (SSSR count). The van der Waals surface area contributed by atoms with Crippen LogP contribution in [0, 0.1) is 29.6 Å². The van der Waals surface area contributed by atoms with Crippen LogP contribution in [0.25, 0.3) is 0 Å². The maximum Gasteiger partial charge on any atom is 0.251 e. The lowest BCUT2D eigenvalue weighted by Gasteiger charge is -2.54. The standard InChI is InChI=1S/C27H35N3O3/c31-27(29-26-21-12-18-11-19(14-21)15-22(26)13-18)20-3-7-24(8-4-20)33-23-5-1-17(2-6-23)16-32-25-9-10-28-30-25/h3-4,7-10,17-19,21-23,26H,1-2,5-6,11-16H2,(H,28,30)(H,29,31). The number of nitrogens with zero attached hydrogens (tertiary/aromatic N) is 1. The lowest BCUT2D eigenvalue weighted by Crippen LogP contribution is -2.55. The number of benzene rings is 1. The Bertz CT molecular complexity index is 906. The molecule has 0 radical (unpaired) electrons. The van der Waals surface area contributed by atoms with E-state index in [0.29, 0.717) is 23.8 Å². The number of nitrogens with one attached hydrogen (secondary N) is 2. The molecule has 5 fully saturated rings. The first-order valence-electron chi connectivity index (χ1n) is 12.9. The molecule has 2 N–H and O–H groups in total. The van der Waals surface area contributed by atoms with Crippen LogP contribution in [0.2, 0.25) is 0 Å². The highest BCUT2D eigenvalue weighted by atomic mass is 16.5. The van der Waals surface area contributed by atoms with Gasteiger partial charge in [0, 0.05) is 17.7 Å². The third kappa shape index (κ3) is 4.62. The molecule has 0 saturated heterocycles. The van der Waals surface area contributed by atoms with Crippen molar-refractivity contribution in [3.8, 4) is 11.6 Å². The molecular weight excluding hydrogens is 414 g/mol. The molecule has 1 heterocycles. The average molecular weight is 450 g/mol. The van der Waals surface area contributed by atoms with Crippen molar-refractivity contribution >= 4 is 5.91 Å². The van der Waals surface area contributed by atoms with Crippen molar-refractivity contribution < 1.29 is 14.3 Å². The second-order valence-corrected chi connectivity index (χ2v) is 10.9. The fourth-order valence-corrected chi connectivity index (χ4v) is 7.22. The first-order valence-corrected chi connectivity index (χ1v) is 12.9. The number of carbonyl (C=O) groups is 1. The van der Waals surface area contributed by atoms with Gasteiger partial charge >= 0.3 is 0 Å². The van der Waals surface area contributed by atoms with Gasteiger partial charge in [-0.05, 0) is 112 Å². The van der Waals surface area contributed by atoms with Crippen LogP contribution < -0.4 is 14.8 Å². The van der Waals surface area contributed by atoms with E-state index in [1.165, 1.54) is 32.1 Å². The van der Waals surface area contributed by atoms with Gasteiger partial charge in [0.1, 0.15) is 5.75 Å². The van der Waals surface area contributed by atoms with E-state index in [9.17, 15) is 4.79 Å². The maximum atomic E-state index is 13.0. The molecule has 0 spiro atoms. The molecule has 5 aliphatic rings. The predicted octanol–water partition coefficient (Wildman–Crippen LogP) is 4.98. The van der Waals surface area contributed by atoms with E-state index in [1.54, 1.807) is 6.20 Å². The molecule has 5 saturated carbocycles. The molecule has 4 bridgehead atoms. The zero-order valence-electron chi connectivity index (χ0n) is 19.2. The second-order valence-electron chi connectivity index (χ2n) is 10.9. The van der Waals surface area contributed by atoms with E-state index in [1.807, 2.05) is 30.3 Å². The minimum absolute atomic E-state index is 0.0804. The van der Waals surface area contributed by atoms with Gasteiger partial charge in [0.15, 0.2) is 0 Å². The summed E-state index contributed by atoms with van der Waals surface area (Å²) in [4.78, 5) is 13.0. The van der Waals surface area contributed by atoms with Crippen LogP contribution >= 0.6 is 0 Å². The normalized spacial score (nSPS) is 34.7. The quantitative estimate of drug-likeness (QED) is 0.625. The van der Waals surface area contributed by atoms with Crippen LogP contribution in [-0.4, -0.2) is 34.9 Å². The van der Waals surface area contributed by atoms with Gasteiger partial charge in [0.25, 0.3) is 5.91 Å². The van der Waals surface area contributed by atoms with Gasteiger partial charge in [-0.1, -0.05) is 0 Å². The highest BCUT2D eigenvalue weighted by Gasteiger charge is 2.48. The molecule has 5 aliphatic carbocycles. The summed E-state index contributed by atoms with van der Waals surface area (Å²) in [6, 6.07) is 9.99. The van der Waals surface area contributed by atoms with Crippen LogP contribution in [0.15, 0.2) is 36.5 Å². The molecule has 1 aromatic carbocycles. The Morgan fingerprint density at radius 1 is 0.939 bits per heavy atom. The summed E-state index contributed by atoms with van der Waals surface area (Å²) < 4.78 is 12.0. The molecule has 0 atom stereocenters. The zero-order chi connectivity index (χ0) is 22.2. The van der Waals surface area contributed by atoms with Crippen LogP contribution in [0.5, 0.6) is 11.6 Å². The SMILES string of the molecule is O=C(NC1C2CC3CC(C2)CC1C3)c1ccc(OC2CCC(COc3ccn[nH]3)CC2)cc1. The molecule has 0 aliphatic heterocycles. The van der Waals surface area contributed by atoms with Gasteiger partial charge in [-0.2, -0.15) is 5.10 Å². The molecule has 6 heteroatoms. The van der Waals surface area contributed by atoms with Crippen LogP contribution in [0.3, 0.4) is 0 Å². The lowest BCUT2D eigenvalue weighted by atomic mass is 9.54. The molecular formula is C27H35N3O3. The van der Waals surface area contributed by atoms with Crippen molar-refractivity contribution in [2.75, 3.05) is 6.61 Å². The monoisotopic (exact) mass is 449 g/mol. The number of aromatic amines is 1. The molecule has 176 valence electrons. The smallest absolute Gasteiger partial charge is 0.251 e. The second kappa shape index (κ2) is 9.03. The number of amides is 1. The summed E-state index contributed by atoms with van der Waals surface area (Å²) >= 11 is 0. The summed E-state index contributed by atoms with van der Waals surface area (Å²) in [6.07, 6.45) is 12.9. The van der Waals surface area contributed by atoms with Crippen molar-refractivity contribution in [3.63, 3.8) is 0 Å². The molecule has 6 nitrogen and oxygen atoms in total. The Morgan fingerprint density at radius 3 is 2.27 bits per heavy atom. The number of hydrogen-bond donors (Lipinski definition) is 2. The number of hydrogen-bond acceptors (Lipinski definition) is 4. The molecule has 0 unspecified atom stereocenters. The summed E-state index contributed by atoms with van der Waals surface area (Å²) in [6.45, 7) is 0.725. The minimum Gasteiger partial charge on any atom is -0.490 e. The Morgan fingerprint density at radius 2 is 1.64 bits per heavy atom. The van der Waals surface area contributed by atoms with E-state index in [2.05, 4.69) is 15.5 Å². The van der Waals surface area contributed by atoms with E-state index in [-0.39, 0.29) is 12.0 Å². The Balaban J connectivity index is 0.972. The number of aromatic nitrogens is 2. The van der Waals surface area contributed by atoms with Crippen molar-refractivity contribution in [1.82, 2.24) is 15.5 Å². The summed E-state index contributed by atoms with van der Waals surface area (Å²) in [5, 5.41) is 10.2. The van der Waals surface area contributed by atoms with Crippen LogP contribution in [0.4, 0.5) is 0 Å². The topological polar surface area (TPSA) is 76.2 Å². The first-order chi connectivity index (χ1) is 16.2. The van der Waals surface area contributed by atoms with Gasteiger partial charge in [0.05, 0.1) is 18.9 Å².